The van der Waals surface area contributed by atoms with Crippen LogP contribution in [0.3, 0.4) is 0 Å². The third kappa shape index (κ3) is 6.08. The van der Waals surface area contributed by atoms with Gasteiger partial charge in [-0.25, -0.2) is 4.79 Å². The number of aliphatic hydroxyl groups excluding tert-OH is 1. The Hall–Kier alpha value is -3.10. The quantitative estimate of drug-likeness (QED) is 0.647. The Labute approximate surface area is 218 Å². The summed E-state index contributed by atoms with van der Waals surface area (Å²) < 4.78 is 11.4. The van der Waals surface area contributed by atoms with Crippen LogP contribution in [0.1, 0.15) is 47.8 Å². The van der Waals surface area contributed by atoms with Crippen LogP contribution < -0.4 is 4.74 Å². The van der Waals surface area contributed by atoms with Crippen molar-refractivity contribution in [1.82, 2.24) is 14.7 Å². The molecule has 198 valence electrons. The molecule has 1 saturated heterocycles. The lowest BCUT2D eigenvalue weighted by molar-refractivity contribution is -0.0221. The van der Waals surface area contributed by atoms with Crippen LogP contribution in [0.5, 0.6) is 5.75 Å². The van der Waals surface area contributed by atoms with Gasteiger partial charge in [0.1, 0.15) is 17.5 Å². The van der Waals surface area contributed by atoms with Gasteiger partial charge in [0, 0.05) is 38.3 Å². The van der Waals surface area contributed by atoms with E-state index in [2.05, 4.69) is 29.2 Å². The summed E-state index contributed by atoms with van der Waals surface area (Å²) in [7, 11) is 0. The van der Waals surface area contributed by atoms with Crippen molar-refractivity contribution < 1.29 is 24.2 Å². The molecule has 0 unspecified atom stereocenters. The van der Waals surface area contributed by atoms with Gasteiger partial charge in [0.05, 0.1) is 19.2 Å². The number of hydrogen-bond acceptors (Lipinski definition) is 6. The molecule has 3 aliphatic heterocycles. The second kappa shape index (κ2) is 10.3. The number of hydrogen-bond donors (Lipinski definition) is 1. The second-order valence-corrected chi connectivity index (χ2v) is 11.4. The average Bonchev–Trinajstić information content (AvgIpc) is 2.81. The van der Waals surface area contributed by atoms with Gasteiger partial charge in [-0.15, -0.1) is 0 Å². The smallest absolute Gasteiger partial charge is 0.410 e. The molecular weight excluding hydrogens is 470 g/mol. The van der Waals surface area contributed by atoms with Gasteiger partial charge in [-0.2, -0.15) is 0 Å². The lowest BCUT2D eigenvalue weighted by atomic mass is 9.98. The minimum Gasteiger partial charge on any atom is -0.487 e. The average molecular weight is 508 g/mol. The molecule has 2 aromatic carbocycles. The van der Waals surface area contributed by atoms with Crippen molar-refractivity contribution in [2.24, 2.45) is 0 Å². The highest BCUT2D eigenvalue weighted by Gasteiger charge is 2.35. The molecular formula is C29H37N3O5. The fraction of sp³-hybridized carbons (Fsp3) is 0.517. The van der Waals surface area contributed by atoms with Gasteiger partial charge in [-0.3, -0.25) is 9.69 Å². The van der Waals surface area contributed by atoms with Crippen LogP contribution >= 0.6 is 0 Å². The minimum atomic E-state index is -0.593. The highest BCUT2D eigenvalue weighted by molar-refractivity contribution is 5.97. The van der Waals surface area contributed by atoms with Gasteiger partial charge in [0.15, 0.2) is 0 Å². The van der Waals surface area contributed by atoms with E-state index in [1.165, 1.54) is 11.1 Å². The number of fused-ring (bicyclic) bond motifs is 2. The van der Waals surface area contributed by atoms with Crippen molar-refractivity contribution in [3.05, 3.63) is 64.7 Å². The molecule has 1 N–H and O–H groups in total. The number of carbonyl (C=O) groups is 2. The van der Waals surface area contributed by atoms with E-state index in [0.29, 0.717) is 44.0 Å². The number of amides is 2. The van der Waals surface area contributed by atoms with Crippen LogP contribution in [0.15, 0.2) is 42.5 Å². The summed E-state index contributed by atoms with van der Waals surface area (Å²) in [6, 6.07) is 14.0. The molecule has 8 heteroatoms. The number of β-amino-alcohol motifs (C(OH)–C–C–N with tert-alkyl or cyclic N) is 1. The molecule has 2 aromatic rings. The van der Waals surface area contributed by atoms with Crippen molar-refractivity contribution in [3.63, 3.8) is 0 Å². The third-order valence-electron chi connectivity index (χ3n) is 7.16. The zero-order valence-electron chi connectivity index (χ0n) is 22.0. The summed E-state index contributed by atoms with van der Waals surface area (Å²) in [6.07, 6.45) is 0.707. The number of ether oxygens (including phenoxy) is 2. The van der Waals surface area contributed by atoms with E-state index in [0.717, 1.165) is 31.5 Å². The molecule has 8 nitrogen and oxygen atoms in total. The van der Waals surface area contributed by atoms with Gasteiger partial charge in [-0.05, 0) is 68.5 Å². The van der Waals surface area contributed by atoms with E-state index in [1.54, 1.807) is 9.80 Å². The summed E-state index contributed by atoms with van der Waals surface area (Å²) in [4.78, 5) is 30.9. The van der Waals surface area contributed by atoms with E-state index in [1.807, 2.05) is 39.0 Å². The van der Waals surface area contributed by atoms with Crippen LogP contribution in [-0.4, -0.2) is 88.9 Å². The van der Waals surface area contributed by atoms with Crippen LogP contribution in [0, 0.1) is 0 Å². The topological polar surface area (TPSA) is 82.5 Å². The second-order valence-electron chi connectivity index (χ2n) is 11.4. The molecule has 0 radical (unpaired) electrons. The fourth-order valence-electron chi connectivity index (χ4n) is 5.26. The maximum absolute atomic E-state index is 13.1. The predicted octanol–water partition coefficient (Wildman–Crippen LogP) is 3.10. The van der Waals surface area contributed by atoms with Crippen molar-refractivity contribution in [2.75, 3.05) is 39.3 Å². The number of aliphatic hydroxyl groups is 1. The maximum Gasteiger partial charge on any atom is 0.410 e. The van der Waals surface area contributed by atoms with Crippen LogP contribution in [0.2, 0.25) is 0 Å². The molecule has 0 aliphatic carbocycles. The maximum atomic E-state index is 13.1. The number of nitrogens with zero attached hydrogens (tertiary/aromatic N) is 3. The standard InChI is InChI=1S/C29H37N3O5/c1-29(2,3)37-28(35)32-18-25(19-32)36-24-8-9-26-21(14-24)11-13-31(27(26)34)17-23(33)16-30-12-10-20-6-4-5-7-22(20)15-30/h4-9,14,23,25,33H,10-13,15-19H2,1-3H3/t23-/m1/s1. The summed E-state index contributed by atoms with van der Waals surface area (Å²) in [5.41, 5.74) is 3.82. The first-order valence-electron chi connectivity index (χ1n) is 13.2. The van der Waals surface area contributed by atoms with Crippen molar-refractivity contribution in [3.8, 4) is 5.75 Å². The van der Waals surface area contributed by atoms with Gasteiger partial charge in [0.2, 0.25) is 0 Å². The Morgan fingerprint density at radius 2 is 1.76 bits per heavy atom. The van der Waals surface area contributed by atoms with Crippen molar-refractivity contribution in [1.29, 1.82) is 0 Å². The number of benzene rings is 2. The molecule has 0 saturated carbocycles. The van der Waals surface area contributed by atoms with Crippen LogP contribution in [0.4, 0.5) is 4.79 Å². The molecule has 37 heavy (non-hydrogen) atoms. The monoisotopic (exact) mass is 507 g/mol. The van der Waals surface area contributed by atoms with Crippen molar-refractivity contribution in [2.45, 2.75) is 58.0 Å². The first-order chi connectivity index (χ1) is 17.6. The SMILES string of the molecule is CC(C)(C)OC(=O)N1CC(Oc2ccc3c(c2)CCN(C[C@H](O)CN2CCc4ccccc4C2)C3=O)C1. The number of carbonyl (C=O) groups excluding carboxylic acids is 2. The predicted molar refractivity (Wildman–Crippen MR) is 140 cm³/mol. The van der Waals surface area contributed by atoms with Gasteiger partial charge < -0.3 is 24.4 Å². The lowest BCUT2D eigenvalue weighted by Crippen LogP contribution is -2.57. The highest BCUT2D eigenvalue weighted by Crippen LogP contribution is 2.27. The lowest BCUT2D eigenvalue weighted by Gasteiger charge is -2.39. The van der Waals surface area contributed by atoms with Crippen molar-refractivity contribution >= 4 is 12.0 Å². The first-order valence-corrected chi connectivity index (χ1v) is 13.2. The first kappa shape index (κ1) is 25.5. The Kier molecular flexibility index (Phi) is 7.14. The third-order valence-corrected chi connectivity index (χ3v) is 7.16. The molecule has 3 aliphatic rings. The Balaban J connectivity index is 1.11. The zero-order valence-corrected chi connectivity index (χ0v) is 22.0. The number of likely N-dealkylation sites (tertiary alicyclic amines) is 1. The molecule has 0 aromatic heterocycles. The summed E-state index contributed by atoms with van der Waals surface area (Å²) in [6.45, 7) is 9.74. The largest absolute Gasteiger partial charge is 0.487 e. The fourth-order valence-corrected chi connectivity index (χ4v) is 5.26. The van der Waals surface area contributed by atoms with E-state index >= 15 is 0 Å². The zero-order chi connectivity index (χ0) is 26.2. The highest BCUT2D eigenvalue weighted by atomic mass is 16.6. The minimum absolute atomic E-state index is 0.0458. The molecule has 2 amide bonds. The van der Waals surface area contributed by atoms with Gasteiger partial charge >= 0.3 is 6.09 Å². The molecule has 1 atom stereocenters. The summed E-state index contributed by atoms with van der Waals surface area (Å²) in [5, 5.41) is 10.8. The van der Waals surface area contributed by atoms with Crippen LogP contribution in [-0.2, 0) is 24.1 Å². The van der Waals surface area contributed by atoms with Gasteiger partial charge in [0.25, 0.3) is 5.91 Å². The van der Waals surface area contributed by atoms with E-state index in [9.17, 15) is 14.7 Å². The molecule has 0 bridgehead atoms. The number of rotatable bonds is 6. The Morgan fingerprint density at radius 3 is 2.51 bits per heavy atom. The molecule has 1 fully saturated rings. The van der Waals surface area contributed by atoms with Gasteiger partial charge in [-0.1, -0.05) is 24.3 Å². The summed E-state index contributed by atoms with van der Waals surface area (Å²) in [5.74, 6) is 0.662. The molecule has 3 heterocycles. The molecule has 5 rings (SSSR count). The van der Waals surface area contributed by atoms with Crippen LogP contribution in [0.25, 0.3) is 0 Å². The molecule has 0 spiro atoms. The van der Waals surface area contributed by atoms with E-state index in [-0.39, 0.29) is 18.1 Å². The normalized spacial score (nSPS) is 19.1. The van der Waals surface area contributed by atoms with E-state index < -0.39 is 11.7 Å². The Bertz CT molecular complexity index is 1150. The Morgan fingerprint density at radius 1 is 1.03 bits per heavy atom. The summed E-state index contributed by atoms with van der Waals surface area (Å²) >= 11 is 0. The van der Waals surface area contributed by atoms with E-state index in [4.69, 9.17) is 9.47 Å².